The van der Waals surface area contributed by atoms with Gasteiger partial charge in [0.2, 0.25) is 0 Å². The number of hydrogen-bond donors (Lipinski definition) is 2. The molecule has 0 radical (unpaired) electrons. The van der Waals surface area contributed by atoms with Crippen molar-refractivity contribution in [2.24, 2.45) is 0 Å². The first-order valence-corrected chi connectivity index (χ1v) is 5.99. The third-order valence-corrected chi connectivity index (χ3v) is 3.63. The van der Waals surface area contributed by atoms with E-state index in [2.05, 4.69) is 10.6 Å². The molecule has 0 aromatic carbocycles. The molecule has 7 heteroatoms. The van der Waals surface area contributed by atoms with E-state index in [1.165, 1.54) is 11.2 Å². The van der Waals surface area contributed by atoms with Crippen LogP contribution in [0, 0.1) is 6.92 Å². The Morgan fingerprint density at radius 2 is 2.26 bits per heavy atom. The second kappa shape index (κ2) is 3.84. The minimum absolute atomic E-state index is 0.170. The highest BCUT2D eigenvalue weighted by atomic mass is 16.3. The van der Waals surface area contributed by atoms with Crippen LogP contribution in [0.2, 0.25) is 0 Å². The van der Waals surface area contributed by atoms with Gasteiger partial charge < -0.3 is 14.6 Å². The number of carbonyl (C=O) groups excluding carboxylic acids is 3. The van der Waals surface area contributed by atoms with Gasteiger partial charge in [-0.25, -0.2) is 4.79 Å². The van der Waals surface area contributed by atoms with Crippen molar-refractivity contribution in [3.05, 3.63) is 23.7 Å². The Bertz CT molecular complexity index is 579. The van der Waals surface area contributed by atoms with Crippen molar-refractivity contribution in [1.29, 1.82) is 0 Å². The van der Waals surface area contributed by atoms with E-state index < -0.39 is 11.6 Å². The fourth-order valence-electron chi connectivity index (χ4n) is 2.53. The molecule has 0 aliphatic carbocycles. The standard InChI is InChI=1S/C12H13N3O4/c1-7-2-5-19-8(7)9(16)15-4-3-12(6-15)10(17)13-11(18)14-12/h2,5H,3-4,6H2,1H3,(H2,13,14,17,18). The highest BCUT2D eigenvalue weighted by molar-refractivity contribution is 6.08. The van der Waals surface area contributed by atoms with Crippen molar-refractivity contribution in [3.8, 4) is 0 Å². The van der Waals surface area contributed by atoms with E-state index in [0.29, 0.717) is 13.0 Å². The lowest BCUT2D eigenvalue weighted by atomic mass is 9.99. The summed E-state index contributed by atoms with van der Waals surface area (Å²) in [6, 6.07) is 1.21. The summed E-state index contributed by atoms with van der Waals surface area (Å²) in [5, 5.41) is 4.80. The molecule has 19 heavy (non-hydrogen) atoms. The number of aryl methyl sites for hydroxylation is 1. The summed E-state index contributed by atoms with van der Waals surface area (Å²) in [4.78, 5) is 36.8. The van der Waals surface area contributed by atoms with Crippen molar-refractivity contribution in [3.63, 3.8) is 0 Å². The number of likely N-dealkylation sites (tertiary alicyclic amines) is 1. The number of nitrogens with zero attached hydrogens (tertiary/aromatic N) is 1. The zero-order valence-corrected chi connectivity index (χ0v) is 10.4. The molecule has 3 heterocycles. The van der Waals surface area contributed by atoms with Gasteiger partial charge in [0, 0.05) is 12.1 Å². The highest BCUT2D eigenvalue weighted by Gasteiger charge is 2.52. The van der Waals surface area contributed by atoms with Gasteiger partial charge in [0.05, 0.1) is 12.8 Å². The molecule has 1 aromatic rings. The summed E-state index contributed by atoms with van der Waals surface area (Å²) in [5.41, 5.74) is -0.224. The molecule has 2 saturated heterocycles. The van der Waals surface area contributed by atoms with E-state index in [0.717, 1.165) is 5.56 Å². The van der Waals surface area contributed by atoms with E-state index in [4.69, 9.17) is 4.42 Å². The summed E-state index contributed by atoms with van der Waals surface area (Å²) in [7, 11) is 0. The summed E-state index contributed by atoms with van der Waals surface area (Å²) < 4.78 is 5.16. The zero-order chi connectivity index (χ0) is 13.6. The number of furan rings is 1. The van der Waals surface area contributed by atoms with Gasteiger partial charge in [-0.05, 0) is 19.4 Å². The smallest absolute Gasteiger partial charge is 0.322 e. The van der Waals surface area contributed by atoms with E-state index >= 15 is 0 Å². The SMILES string of the molecule is Cc1ccoc1C(=O)N1CCC2(C1)NC(=O)NC2=O. The lowest BCUT2D eigenvalue weighted by Crippen LogP contribution is -2.49. The summed E-state index contributed by atoms with van der Waals surface area (Å²) in [6.45, 7) is 2.36. The molecule has 4 amide bonds. The van der Waals surface area contributed by atoms with Crippen molar-refractivity contribution in [1.82, 2.24) is 15.5 Å². The molecular weight excluding hydrogens is 250 g/mol. The Balaban J connectivity index is 1.80. The van der Waals surface area contributed by atoms with E-state index in [9.17, 15) is 14.4 Å². The van der Waals surface area contributed by atoms with Crippen LogP contribution < -0.4 is 10.6 Å². The molecule has 0 saturated carbocycles. The Morgan fingerprint density at radius 1 is 1.47 bits per heavy atom. The van der Waals surface area contributed by atoms with Gasteiger partial charge in [-0.3, -0.25) is 14.9 Å². The minimum Gasteiger partial charge on any atom is -0.459 e. The van der Waals surface area contributed by atoms with Gasteiger partial charge in [-0.15, -0.1) is 0 Å². The molecule has 2 aliphatic heterocycles. The van der Waals surface area contributed by atoms with Crippen LogP contribution >= 0.6 is 0 Å². The molecule has 7 nitrogen and oxygen atoms in total. The second-order valence-electron chi connectivity index (χ2n) is 4.90. The third kappa shape index (κ3) is 1.69. The first-order chi connectivity index (χ1) is 9.02. The first-order valence-electron chi connectivity index (χ1n) is 5.99. The van der Waals surface area contributed by atoms with Crippen LogP contribution in [0.1, 0.15) is 22.5 Å². The summed E-state index contributed by atoms with van der Waals surface area (Å²) in [5.74, 6) is -0.348. The molecule has 2 N–H and O–H groups in total. The van der Waals surface area contributed by atoms with Crippen LogP contribution in [-0.2, 0) is 4.79 Å². The Kier molecular flexibility index (Phi) is 2.38. The number of nitrogens with one attached hydrogen (secondary N) is 2. The van der Waals surface area contributed by atoms with E-state index in [-0.39, 0.29) is 24.1 Å². The molecule has 0 bridgehead atoms. The lowest BCUT2D eigenvalue weighted by molar-refractivity contribution is -0.123. The minimum atomic E-state index is -0.979. The van der Waals surface area contributed by atoms with Crippen LogP contribution in [0.3, 0.4) is 0 Å². The van der Waals surface area contributed by atoms with E-state index in [1.807, 2.05) is 0 Å². The quantitative estimate of drug-likeness (QED) is 0.698. The lowest BCUT2D eigenvalue weighted by Gasteiger charge is -2.20. The van der Waals surface area contributed by atoms with Crippen molar-refractivity contribution >= 4 is 17.8 Å². The normalized spacial score (nSPS) is 25.8. The molecule has 3 rings (SSSR count). The molecule has 1 spiro atoms. The molecule has 2 fully saturated rings. The van der Waals surface area contributed by atoms with Crippen LogP contribution in [0.4, 0.5) is 4.79 Å². The molecule has 2 aliphatic rings. The van der Waals surface area contributed by atoms with Crippen molar-refractivity contribution in [2.75, 3.05) is 13.1 Å². The monoisotopic (exact) mass is 263 g/mol. The fraction of sp³-hybridized carbons (Fsp3) is 0.417. The predicted octanol–water partition coefficient (Wildman–Crippen LogP) is 0.0121. The largest absolute Gasteiger partial charge is 0.459 e. The van der Waals surface area contributed by atoms with Gasteiger partial charge in [-0.1, -0.05) is 0 Å². The second-order valence-corrected chi connectivity index (χ2v) is 4.90. The Morgan fingerprint density at radius 3 is 2.84 bits per heavy atom. The van der Waals surface area contributed by atoms with Gasteiger partial charge in [0.25, 0.3) is 11.8 Å². The summed E-state index contributed by atoms with van der Waals surface area (Å²) in [6.07, 6.45) is 1.87. The van der Waals surface area contributed by atoms with Crippen molar-refractivity contribution < 1.29 is 18.8 Å². The topological polar surface area (TPSA) is 91.7 Å². The maximum atomic E-state index is 12.2. The number of urea groups is 1. The predicted molar refractivity (Wildman–Crippen MR) is 63.4 cm³/mol. The van der Waals surface area contributed by atoms with Crippen LogP contribution in [-0.4, -0.2) is 41.4 Å². The number of carbonyl (C=O) groups is 3. The van der Waals surface area contributed by atoms with Gasteiger partial charge >= 0.3 is 6.03 Å². The van der Waals surface area contributed by atoms with Gasteiger partial charge in [-0.2, -0.15) is 0 Å². The molecule has 100 valence electrons. The number of hydrogen-bond acceptors (Lipinski definition) is 4. The molecular formula is C12H13N3O4. The fourth-order valence-corrected chi connectivity index (χ4v) is 2.53. The molecule has 1 atom stereocenters. The highest BCUT2D eigenvalue weighted by Crippen LogP contribution is 2.26. The first kappa shape index (κ1) is 11.8. The third-order valence-electron chi connectivity index (χ3n) is 3.63. The van der Waals surface area contributed by atoms with Crippen LogP contribution in [0.15, 0.2) is 16.7 Å². The van der Waals surface area contributed by atoms with Crippen LogP contribution in [0.5, 0.6) is 0 Å². The van der Waals surface area contributed by atoms with Gasteiger partial charge in [0.1, 0.15) is 5.54 Å². The number of imide groups is 1. The van der Waals surface area contributed by atoms with E-state index in [1.54, 1.807) is 13.0 Å². The number of rotatable bonds is 1. The summed E-state index contributed by atoms with van der Waals surface area (Å²) >= 11 is 0. The van der Waals surface area contributed by atoms with Crippen molar-refractivity contribution in [2.45, 2.75) is 18.9 Å². The Labute approximate surface area is 108 Å². The number of amides is 4. The maximum Gasteiger partial charge on any atom is 0.322 e. The van der Waals surface area contributed by atoms with Crippen LogP contribution in [0.25, 0.3) is 0 Å². The zero-order valence-electron chi connectivity index (χ0n) is 10.4. The maximum absolute atomic E-state index is 12.2. The Hall–Kier alpha value is -2.31. The van der Waals surface area contributed by atoms with Gasteiger partial charge in [0.15, 0.2) is 5.76 Å². The average Bonchev–Trinajstić information content (AvgIpc) is 3.01. The molecule has 1 aromatic heterocycles. The average molecular weight is 263 g/mol. The molecule has 1 unspecified atom stereocenters.